The highest BCUT2D eigenvalue weighted by molar-refractivity contribution is 7.17. The molecular weight excluding hydrogens is 330 g/mol. The Hall–Kier alpha value is -2.63. The molecule has 1 aromatic carbocycles. The van der Waals surface area contributed by atoms with Crippen LogP contribution in [-0.2, 0) is 0 Å². The Morgan fingerprint density at radius 3 is 2.68 bits per heavy atom. The van der Waals surface area contributed by atoms with Gasteiger partial charge < -0.3 is 5.11 Å². The van der Waals surface area contributed by atoms with E-state index in [0.29, 0.717) is 6.42 Å². The normalized spacial score (nSPS) is 14.6. The number of hydrogen-bond donors (Lipinski definition) is 1. The second-order valence-electron chi connectivity index (χ2n) is 6.00. The molecule has 1 aliphatic rings. The second kappa shape index (κ2) is 6.70. The minimum atomic E-state index is -0.690. The summed E-state index contributed by atoms with van der Waals surface area (Å²) in [5.41, 5.74) is 4.89. The van der Waals surface area contributed by atoms with E-state index in [1.54, 1.807) is 29.9 Å². The summed E-state index contributed by atoms with van der Waals surface area (Å²) in [4.78, 5) is 6.17. The number of nitrogens with zero attached hydrogens (tertiary/aromatic N) is 3. The molecule has 1 atom stereocenters. The first-order valence-electron chi connectivity index (χ1n) is 8.10. The number of rotatable bonds is 4. The van der Waals surface area contributed by atoms with Crippen LogP contribution in [0.25, 0.3) is 10.4 Å². The number of benzene rings is 1. The zero-order valence-corrected chi connectivity index (χ0v) is 14.6. The molecule has 5 heteroatoms. The smallest absolute Gasteiger partial charge is 0.106 e. The summed E-state index contributed by atoms with van der Waals surface area (Å²) in [6.45, 7) is 2.03. The van der Waals surface area contributed by atoms with E-state index in [1.165, 1.54) is 0 Å². The Kier molecular flexibility index (Phi) is 4.26. The van der Waals surface area contributed by atoms with Gasteiger partial charge in [-0.1, -0.05) is 29.8 Å². The summed E-state index contributed by atoms with van der Waals surface area (Å²) < 4.78 is 0. The third kappa shape index (κ3) is 3.16. The largest absolute Gasteiger partial charge is 0.384 e. The van der Waals surface area contributed by atoms with E-state index in [4.69, 9.17) is 0 Å². The lowest BCUT2D eigenvalue weighted by molar-refractivity contribution is 0.220. The number of aromatic nitrogens is 1. The lowest BCUT2D eigenvalue weighted by Crippen LogP contribution is -2.05. The molecular formula is C20H17N3OS. The molecule has 0 saturated heterocycles. The molecule has 25 heavy (non-hydrogen) atoms. The van der Waals surface area contributed by atoms with Gasteiger partial charge in [0.1, 0.15) is 6.10 Å². The first-order valence-corrected chi connectivity index (χ1v) is 8.91. The van der Waals surface area contributed by atoms with E-state index in [2.05, 4.69) is 21.3 Å². The molecule has 0 amide bonds. The van der Waals surface area contributed by atoms with Gasteiger partial charge >= 0.3 is 0 Å². The highest BCUT2D eigenvalue weighted by atomic mass is 32.1. The molecule has 124 valence electrons. The Morgan fingerprint density at radius 1 is 1.12 bits per heavy atom. The van der Waals surface area contributed by atoms with Crippen molar-refractivity contribution in [2.75, 3.05) is 0 Å². The zero-order chi connectivity index (χ0) is 17.2. The molecule has 3 heterocycles. The van der Waals surface area contributed by atoms with E-state index in [1.807, 2.05) is 43.3 Å². The van der Waals surface area contributed by atoms with Gasteiger partial charge in [-0.25, -0.2) is 0 Å². The molecule has 1 N–H and O–H groups in total. The van der Waals surface area contributed by atoms with Gasteiger partial charge in [-0.3, -0.25) is 4.98 Å². The maximum absolute atomic E-state index is 11.0. The second-order valence-corrected chi connectivity index (χ2v) is 7.05. The summed E-state index contributed by atoms with van der Waals surface area (Å²) in [7, 11) is 0. The third-order valence-corrected chi connectivity index (χ3v) is 5.43. The number of aliphatic hydroxyl groups excluding tert-OH is 1. The molecule has 3 aromatic rings. The van der Waals surface area contributed by atoms with Crippen LogP contribution >= 0.6 is 11.3 Å². The fraction of sp³-hybridized carbons (Fsp3) is 0.150. The van der Waals surface area contributed by atoms with Crippen LogP contribution in [0.5, 0.6) is 0 Å². The number of hydrogen-bond acceptors (Lipinski definition) is 5. The molecule has 1 unspecified atom stereocenters. The fourth-order valence-electron chi connectivity index (χ4n) is 2.93. The van der Waals surface area contributed by atoms with Crippen LogP contribution in [0.1, 0.15) is 34.1 Å². The fourth-order valence-corrected chi connectivity index (χ4v) is 4.12. The summed E-state index contributed by atoms with van der Waals surface area (Å²) in [5.74, 6) is 0. The van der Waals surface area contributed by atoms with Gasteiger partial charge in [0.15, 0.2) is 0 Å². The topological polar surface area (TPSA) is 57.8 Å². The van der Waals surface area contributed by atoms with Crippen molar-refractivity contribution in [3.05, 3.63) is 76.4 Å². The van der Waals surface area contributed by atoms with Crippen molar-refractivity contribution in [2.24, 2.45) is 10.2 Å². The summed E-state index contributed by atoms with van der Waals surface area (Å²) in [6, 6.07) is 14.0. The van der Waals surface area contributed by atoms with Crippen LogP contribution < -0.4 is 0 Å². The SMILES string of the molecule is Cc1cccc(C(O)c2cc(-c3ccncc3)sc2C2=NN=CC2)c1. The number of pyridine rings is 1. The number of thiophene rings is 1. The standard InChI is InChI=1S/C20H17N3OS/c1-13-3-2-4-15(11-13)19(24)16-12-18(14-5-8-21-9-6-14)25-20(16)17-7-10-22-23-17/h2-6,8-12,19,24H,7H2,1H3. The van der Waals surface area contributed by atoms with Crippen molar-refractivity contribution in [1.82, 2.24) is 4.98 Å². The predicted molar refractivity (Wildman–Crippen MR) is 102 cm³/mol. The van der Waals surface area contributed by atoms with Crippen molar-refractivity contribution >= 4 is 23.3 Å². The third-order valence-electron chi connectivity index (χ3n) is 4.18. The number of aliphatic hydroxyl groups is 1. The molecule has 2 aromatic heterocycles. The van der Waals surface area contributed by atoms with Gasteiger partial charge in [-0.05, 0) is 36.2 Å². The minimum Gasteiger partial charge on any atom is -0.384 e. The van der Waals surface area contributed by atoms with Crippen LogP contribution in [0.15, 0.2) is 65.1 Å². The number of aryl methyl sites for hydroxylation is 1. The van der Waals surface area contributed by atoms with Gasteiger partial charge in [-0.2, -0.15) is 10.2 Å². The van der Waals surface area contributed by atoms with Crippen molar-refractivity contribution in [3.63, 3.8) is 0 Å². The first-order chi connectivity index (χ1) is 12.2. The first kappa shape index (κ1) is 15.9. The summed E-state index contributed by atoms with van der Waals surface area (Å²) in [6.07, 6.45) is 5.36. The molecule has 0 saturated carbocycles. The van der Waals surface area contributed by atoms with Crippen molar-refractivity contribution in [3.8, 4) is 10.4 Å². The quantitative estimate of drug-likeness (QED) is 0.761. The molecule has 4 rings (SSSR count). The van der Waals surface area contributed by atoms with E-state index >= 15 is 0 Å². The Balaban J connectivity index is 1.81. The van der Waals surface area contributed by atoms with Crippen molar-refractivity contribution in [2.45, 2.75) is 19.4 Å². The van der Waals surface area contributed by atoms with E-state index in [-0.39, 0.29) is 0 Å². The van der Waals surface area contributed by atoms with Gasteiger partial charge in [0.2, 0.25) is 0 Å². The maximum Gasteiger partial charge on any atom is 0.106 e. The van der Waals surface area contributed by atoms with Crippen LogP contribution in [0.4, 0.5) is 0 Å². The maximum atomic E-state index is 11.0. The molecule has 0 bridgehead atoms. The van der Waals surface area contributed by atoms with E-state index < -0.39 is 6.10 Å². The minimum absolute atomic E-state index is 0.690. The molecule has 1 aliphatic heterocycles. The van der Waals surface area contributed by atoms with Crippen molar-refractivity contribution in [1.29, 1.82) is 0 Å². The molecule has 4 nitrogen and oxygen atoms in total. The average molecular weight is 347 g/mol. The van der Waals surface area contributed by atoms with Gasteiger partial charge in [0.05, 0.1) is 10.6 Å². The van der Waals surface area contributed by atoms with Gasteiger partial charge in [-0.15, -0.1) is 11.3 Å². The van der Waals surface area contributed by atoms with E-state index in [9.17, 15) is 5.11 Å². The van der Waals surface area contributed by atoms with Crippen LogP contribution in [0, 0.1) is 6.92 Å². The highest BCUT2D eigenvalue weighted by Crippen LogP contribution is 2.38. The monoisotopic (exact) mass is 347 g/mol. The average Bonchev–Trinajstić information content (AvgIpc) is 3.31. The summed E-state index contributed by atoms with van der Waals surface area (Å²) in [5, 5.41) is 19.2. The van der Waals surface area contributed by atoms with Crippen LogP contribution in [0.2, 0.25) is 0 Å². The summed E-state index contributed by atoms with van der Waals surface area (Å²) >= 11 is 1.64. The molecule has 0 spiro atoms. The van der Waals surface area contributed by atoms with E-state index in [0.717, 1.165) is 37.7 Å². The van der Waals surface area contributed by atoms with Gasteiger partial charge in [0, 0.05) is 35.5 Å². The molecule has 0 radical (unpaired) electrons. The Morgan fingerprint density at radius 2 is 1.96 bits per heavy atom. The van der Waals surface area contributed by atoms with Crippen LogP contribution in [-0.4, -0.2) is 22.0 Å². The Bertz CT molecular complexity index is 960. The Labute approximate surface area is 150 Å². The lowest BCUT2D eigenvalue weighted by Gasteiger charge is -2.12. The predicted octanol–water partition coefficient (Wildman–Crippen LogP) is 4.38. The highest BCUT2D eigenvalue weighted by Gasteiger charge is 2.23. The van der Waals surface area contributed by atoms with Crippen molar-refractivity contribution < 1.29 is 5.11 Å². The lowest BCUT2D eigenvalue weighted by atomic mass is 9.98. The van der Waals surface area contributed by atoms with Gasteiger partial charge in [0.25, 0.3) is 0 Å². The van der Waals surface area contributed by atoms with Crippen LogP contribution in [0.3, 0.4) is 0 Å². The molecule has 0 aliphatic carbocycles. The molecule has 0 fully saturated rings. The zero-order valence-electron chi connectivity index (χ0n) is 13.8.